The standard InChI is InChI=1S/C41H33NO/c43-41-33-15-13-27-12-14-30(17-16-29(18-21-33)35(41)22-23-42-26-28-6-2-1-3-7-28)37(24-27)38-25-34-10-4-8-31-19-20-32-9-5-11-36(38)40(32)39(31)34/h1-12,14,18-21,23-25,43H,13,15-17,22,26H2. The van der Waals surface area contributed by atoms with Gasteiger partial charge in [-0.1, -0.05) is 109 Å². The third-order valence-electron chi connectivity index (χ3n) is 9.32. The predicted molar refractivity (Wildman–Crippen MR) is 181 cm³/mol. The molecule has 0 spiro atoms. The Kier molecular flexibility index (Phi) is 6.41. The fraction of sp³-hybridized carbons (Fsp3) is 0.146. The fourth-order valence-electron chi connectivity index (χ4n) is 7.08. The molecule has 2 nitrogen and oxygen atoms in total. The van der Waals surface area contributed by atoms with Crippen LogP contribution in [-0.2, 0) is 38.6 Å². The summed E-state index contributed by atoms with van der Waals surface area (Å²) in [5.41, 5.74) is 9.75. The molecule has 1 N–H and O–H groups in total. The van der Waals surface area contributed by atoms with Crippen LogP contribution in [0.5, 0.6) is 5.75 Å². The van der Waals surface area contributed by atoms with Crippen LogP contribution in [0.3, 0.4) is 0 Å². The topological polar surface area (TPSA) is 32.6 Å². The molecule has 0 fully saturated rings. The molecule has 0 saturated carbocycles. The molecule has 0 aliphatic heterocycles. The Morgan fingerprint density at radius 2 is 1.30 bits per heavy atom. The minimum Gasteiger partial charge on any atom is -0.507 e. The molecule has 4 aliphatic rings. The molecule has 0 amide bonds. The summed E-state index contributed by atoms with van der Waals surface area (Å²) in [7, 11) is 0. The highest BCUT2D eigenvalue weighted by Gasteiger charge is 2.18. The van der Waals surface area contributed by atoms with Crippen molar-refractivity contribution in [1.82, 2.24) is 0 Å². The Morgan fingerprint density at radius 1 is 0.581 bits per heavy atom. The van der Waals surface area contributed by atoms with Crippen molar-refractivity contribution in [2.45, 2.75) is 38.6 Å². The maximum Gasteiger partial charge on any atom is 0.122 e. The Hall–Kier alpha value is -4.95. The monoisotopic (exact) mass is 555 g/mol. The van der Waals surface area contributed by atoms with Crippen molar-refractivity contribution in [2.24, 2.45) is 4.99 Å². The molecule has 7 aromatic rings. The van der Waals surface area contributed by atoms with Crippen molar-refractivity contribution in [3.8, 4) is 16.9 Å². The lowest BCUT2D eigenvalue weighted by Crippen LogP contribution is -2.05. The highest BCUT2D eigenvalue weighted by atomic mass is 16.3. The van der Waals surface area contributed by atoms with Crippen LogP contribution in [0.2, 0.25) is 0 Å². The number of hydrogen-bond donors (Lipinski definition) is 1. The minimum absolute atomic E-state index is 0.449. The van der Waals surface area contributed by atoms with Gasteiger partial charge < -0.3 is 5.11 Å². The second-order valence-electron chi connectivity index (χ2n) is 11.9. The largest absolute Gasteiger partial charge is 0.507 e. The number of nitrogens with zero attached hydrogens (tertiary/aromatic N) is 1. The first kappa shape index (κ1) is 25.7. The smallest absolute Gasteiger partial charge is 0.122 e. The fourth-order valence-corrected chi connectivity index (χ4v) is 7.08. The zero-order chi connectivity index (χ0) is 28.8. The molecule has 4 aliphatic carbocycles. The van der Waals surface area contributed by atoms with E-state index in [-0.39, 0.29) is 0 Å². The van der Waals surface area contributed by atoms with E-state index >= 15 is 0 Å². The molecule has 208 valence electrons. The Balaban J connectivity index is 1.19. The molecule has 0 heterocycles. The van der Waals surface area contributed by atoms with E-state index in [9.17, 15) is 5.11 Å². The van der Waals surface area contributed by atoms with E-state index in [2.05, 4.69) is 97.1 Å². The summed E-state index contributed by atoms with van der Waals surface area (Å²) in [5.74, 6) is 0.449. The van der Waals surface area contributed by atoms with E-state index < -0.39 is 0 Å². The molecule has 11 rings (SSSR count). The molecule has 0 aromatic heterocycles. The molecular weight excluding hydrogens is 522 g/mol. The summed E-state index contributed by atoms with van der Waals surface area (Å²) in [6, 6.07) is 42.1. The average Bonchev–Trinajstić information content (AvgIpc) is 3.04. The summed E-state index contributed by atoms with van der Waals surface area (Å²) in [4.78, 5) is 4.69. The minimum atomic E-state index is 0.449. The van der Waals surface area contributed by atoms with Crippen LogP contribution in [0.4, 0.5) is 0 Å². The van der Waals surface area contributed by atoms with Gasteiger partial charge in [-0.25, -0.2) is 0 Å². The van der Waals surface area contributed by atoms with Crippen LogP contribution in [0.15, 0.2) is 120 Å². The molecule has 2 heteroatoms. The predicted octanol–water partition coefficient (Wildman–Crippen LogP) is 9.65. The molecule has 0 saturated heterocycles. The van der Waals surface area contributed by atoms with Crippen molar-refractivity contribution in [1.29, 1.82) is 0 Å². The van der Waals surface area contributed by atoms with Gasteiger partial charge >= 0.3 is 0 Å². The number of aliphatic imine (C=N–C) groups is 1. The number of phenols is 1. The van der Waals surface area contributed by atoms with Crippen LogP contribution in [0.25, 0.3) is 43.4 Å². The van der Waals surface area contributed by atoms with Gasteiger partial charge in [-0.3, -0.25) is 4.99 Å². The van der Waals surface area contributed by atoms with Gasteiger partial charge in [0, 0.05) is 18.2 Å². The van der Waals surface area contributed by atoms with E-state index in [0.717, 1.165) is 36.8 Å². The SMILES string of the molecule is Oc1c2ccc(c1CC=NCc1ccccc1)CCc1ccc(cc1-c1cc3cccc4ccc5cccc1c5c43)CC2. The Morgan fingerprint density at radius 3 is 2.19 bits per heavy atom. The number of aromatic hydroxyl groups is 1. The van der Waals surface area contributed by atoms with Gasteiger partial charge in [0.15, 0.2) is 0 Å². The van der Waals surface area contributed by atoms with E-state index in [4.69, 9.17) is 4.99 Å². The van der Waals surface area contributed by atoms with Crippen LogP contribution in [-0.4, -0.2) is 11.3 Å². The maximum atomic E-state index is 11.4. The third kappa shape index (κ3) is 4.64. The highest BCUT2D eigenvalue weighted by Crippen LogP contribution is 2.42. The third-order valence-corrected chi connectivity index (χ3v) is 9.32. The van der Waals surface area contributed by atoms with Gasteiger partial charge in [0.05, 0.1) is 6.54 Å². The van der Waals surface area contributed by atoms with Gasteiger partial charge in [0.25, 0.3) is 0 Å². The molecule has 7 aromatic carbocycles. The summed E-state index contributed by atoms with van der Waals surface area (Å²) >= 11 is 0. The summed E-state index contributed by atoms with van der Waals surface area (Å²) in [5, 5.41) is 19.3. The van der Waals surface area contributed by atoms with Gasteiger partial charge in [-0.2, -0.15) is 0 Å². The molecule has 0 radical (unpaired) electrons. The quantitative estimate of drug-likeness (QED) is 0.166. The second-order valence-corrected chi connectivity index (χ2v) is 11.9. The van der Waals surface area contributed by atoms with Crippen molar-refractivity contribution < 1.29 is 5.11 Å². The van der Waals surface area contributed by atoms with Crippen LogP contribution >= 0.6 is 0 Å². The van der Waals surface area contributed by atoms with Crippen LogP contribution in [0.1, 0.15) is 33.4 Å². The van der Waals surface area contributed by atoms with Crippen molar-refractivity contribution in [3.05, 3.63) is 149 Å². The first-order chi connectivity index (χ1) is 21.2. The molecule has 43 heavy (non-hydrogen) atoms. The van der Waals surface area contributed by atoms with E-state index in [1.807, 2.05) is 24.4 Å². The molecule has 0 unspecified atom stereocenters. The summed E-state index contributed by atoms with van der Waals surface area (Å²) in [6.45, 7) is 0.657. The maximum absolute atomic E-state index is 11.4. The van der Waals surface area contributed by atoms with Crippen LogP contribution in [0, 0.1) is 0 Å². The van der Waals surface area contributed by atoms with Gasteiger partial charge in [-0.05, 0) is 103 Å². The molecule has 0 atom stereocenters. The van der Waals surface area contributed by atoms with Crippen molar-refractivity contribution >= 4 is 38.5 Å². The van der Waals surface area contributed by atoms with Crippen LogP contribution < -0.4 is 0 Å². The van der Waals surface area contributed by atoms with E-state index in [0.29, 0.717) is 18.7 Å². The van der Waals surface area contributed by atoms with Gasteiger partial charge in [0.2, 0.25) is 0 Å². The van der Waals surface area contributed by atoms with E-state index in [1.54, 1.807) is 0 Å². The van der Waals surface area contributed by atoms with Gasteiger partial charge in [-0.15, -0.1) is 0 Å². The summed E-state index contributed by atoms with van der Waals surface area (Å²) < 4.78 is 0. The second kappa shape index (κ2) is 10.7. The highest BCUT2D eigenvalue weighted by molar-refractivity contribution is 6.26. The van der Waals surface area contributed by atoms with Gasteiger partial charge in [0.1, 0.15) is 5.75 Å². The number of benzene rings is 7. The molecular formula is C41H33NO. The zero-order valence-electron chi connectivity index (χ0n) is 24.2. The average molecular weight is 556 g/mol. The number of rotatable bonds is 5. The number of hydrogen-bond acceptors (Lipinski definition) is 2. The lowest BCUT2D eigenvalue weighted by Gasteiger charge is -2.20. The van der Waals surface area contributed by atoms with E-state index in [1.165, 1.54) is 65.7 Å². The van der Waals surface area contributed by atoms with Crippen molar-refractivity contribution in [3.63, 3.8) is 0 Å². The first-order valence-electron chi connectivity index (χ1n) is 15.4. The zero-order valence-corrected chi connectivity index (χ0v) is 24.2. The molecule has 4 bridgehead atoms. The Bertz CT molecular complexity index is 2140. The lowest BCUT2D eigenvalue weighted by atomic mass is 9.84. The Labute approximate surface area is 252 Å². The first-order valence-corrected chi connectivity index (χ1v) is 15.4. The number of aryl methyl sites for hydroxylation is 4. The normalized spacial score (nSPS) is 13.4. The summed E-state index contributed by atoms with van der Waals surface area (Å²) in [6.07, 6.45) is 6.07. The van der Waals surface area contributed by atoms with Crippen molar-refractivity contribution in [2.75, 3.05) is 0 Å². The lowest BCUT2D eigenvalue weighted by molar-refractivity contribution is 0.461. The number of phenolic OH excluding ortho intramolecular Hbond substituents is 1.